The molecule has 0 unspecified atom stereocenters. The van der Waals surface area contributed by atoms with Crippen LogP contribution in [0.15, 0.2) is 41.2 Å². The Bertz CT molecular complexity index is 704. The monoisotopic (exact) mass is 305 g/mol. The second-order valence-corrected chi connectivity index (χ2v) is 5.21. The van der Waals surface area contributed by atoms with Crippen molar-refractivity contribution < 1.29 is 9.90 Å². The smallest absolute Gasteiger partial charge is 0.308 e. The van der Waals surface area contributed by atoms with Crippen LogP contribution in [0.5, 0.6) is 0 Å². The van der Waals surface area contributed by atoms with Crippen LogP contribution >= 0.6 is 11.6 Å². The Hall–Kier alpha value is -2.07. The van der Waals surface area contributed by atoms with Crippen LogP contribution in [-0.4, -0.2) is 15.6 Å². The highest BCUT2D eigenvalue weighted by Crippen LogP contribution is 2.21. The molecule has 1 aromatic heterocycles. The van der Waals surface area contributed by atoms with Crippen LogP contribution < -0.4 is 5.56 Å². The van der Waals surface area contributed by atoms with Gasteiger partial charge in [-0.05, 0) is 30.2 Å². The van der Waals surface area contributed by atoms with Crippen molar-refractivity contribution in [3.05, 3.63) is 57.3 Å². The van der Waals surface area contributed by atoms with Gasteiger partial charge in [-0.25, -0.2) is 0 Å². The normalized spacial score (nSPS) is 10.6. The Morgan fingerprint density at radius 3 is 2.43 bits per heavy atom. The minimum Gasteiger partial charge on any atom is -0.481 e. The van der Waals surface area contributed by atoms with Crippen LogP contribution in [0.3, 0.4) is 0 Å². The van der Waals surface area contributed by atoms with Gasteiger partial charge < -0.3 is 9.67 Å². The maximum Gasteiger partial charge on any atom is 0.308 e. The van der Waals surface area contributed by atoms with E-state index in [9.17, 15) is 9.59 Å². The van der Waals surface area contributed by atoms with Crippen LogP contribution in [-0.2, 0) is 17.8 Å². The number of hydrogen-bond donors (Lipinski definition) is 1. The molecular formula is C16H16ClNO3. The summed E-state index contributed by atoms with van der Waals surface area (Å²) < 4.78 is 1.63. The number of carboxylic acid groups (broad SMARTS) is 1. The van der Waals surface area contributed by atoms with E-state index in [0.717, 1.165) is 17.7 Å². The van der Waals surface area contributed by atoms with Gasteiger partial charge in [0.05, 0.1) is 12.1 Å². The van der Waals surface area contributed by atoms with Crippen LogP contribution in [0.25, 0.3) is 11.3 Å². The molecule has 0 amide bonds. The molecule has 4 nitrogen and oxygen atoms in total. The highest BCUT2D eigenvalue weighted by Gasteiger charge is 2.12. The summed E-state index contributed by atoms with van der Waals surface area (Å²) in [5.41, 5.74) is 1.71. The van der Waals surface area contributed by atoms with Gasteiger partial charge in [0.15, 0.2) is 0 Å². The van der Waals surface area contributed by atoms with Crippen molar-refractivity contribution in [1.82, 2.24) is 4.57 Å². The van der Waals surface area contributed by atoms with Gasteiger partial charge in [0.2, 0.25) is 0 Å². The highest BCUT2D eigenvalue weighted by molar-refractivity contribution is 6.30. The summed E-state index contributed by atoms with van der Waals surface area (Å²) in [7, 11) is 0. The predicted octanol–water partition coefficient (Wildman–Crippen LogP) is 3.21. The topological polar surface area (TPSA) is 59.3 Å². The molecule has 1 heterocycles. The first kappa shape index (κ1) is 15.3. The van der Waals surface area contributed by atoms with Crippen LogP contribution in [0.4, 0.5) is 0 Å². The third kappa shape index (κ3) is 3.52. The van der Waals surface area contributed by atoms with Gasteiger partial charge in [0.1, 0.15) is 0 Å². The van der Waals surface area contributed by atoms with E-state index in [4.69, 9.17) is 16.7 Å². The van der Waals surface area contributed by atoms with Gasteiger partial charge in [-0.2, -0.15) is 0 Å². The van der Waals surface area contributed by atoms with Crippen molar-refractivity contribution in [1.29, 1.82) is 0 Å². The van der Waals surface area contributed by atoms with E-state index in [0.29, 0.717) is 17.1 Å². The van der Waals surface area contributed by atoms with Crippen molar-refractivity contribution in [2.24, 2.45) is 0 Å². The Morgan fingerprint density at radius 1 is 1.19 bits per heavy atom. The molecule has 0 spiro atoms. The molecular weight excluding hydrogens is 290 g/mol. The molecule has 110 valence electrons. The molecule has 0 aliphatic heterocycles. The van der Waals surface area contributed by atoms with Crippen molar-refractivity contribution in [2.45, 2.75) is 26.3 Å². The zero-order chi connectivity index (χ0) is 15.4. The number of pyridine rings is 1. The molecule has 1 N–H and O–H groups in total. The SMILES string of the molecule is CCCn1c(-c2ccc(Cl)cc2)ccc(CC(=O)O)c1=O. The molecule has 2 rings (SSSR count). The predicted molar refractivity (Wildman–Crippen MR) is 82.8 cm³/mol. The fourth-order valence-corrected chi connectivity index (χ4v) is 2.37. The summed E-state index contributed by atoms with van der Waals surface area (Å²) in [4.78, 5) is 23.2. The second kappa shape index (κ2) is 6.59. The lowest BCUT2D eigenvalue weighted by molar-refractivity contribution is -0.136. The van der Waals surface area contributed by atoms with Crippen molar-refractivity contribution in [2.75, 3.05) is 0 Å². The van der Waals surface area contributed by atoms with Crippen molar-refractivity contribution in [3.63, 3.8) is 0 Å². The van der Waals surface area contributed by atoms with Crippen LogP contribution in [0.1, 0.15) is 18.9 Å². The maximum absolute atomic E-state index is 12.4. The third-order valence-corrected chi connectivity index (χ3v) is 3.43. The molecule has 2 aromatic rings. The van der Waals surface area contributed by atoms with Crippen LogP contribution in [0.2, 0.25) is 5.02 Å². The van der Waals surface area contributed by atoms with Gasteiger partial charge in [-0.15, -0.1) is 0 Å². The summed E-state index contributed by atoms with van der Waals surface area (Å²) in [6.45, 7) is 2.52. The number of benzene rings is 1. The zero-order valence-corrected chi connectivity index (χ0v) is 12.4. The lowest BCUT2D eigenvalue weighted by atomic mass is 10.1. The van der Waals surface area contributed by atoms with E-state index < -0.39 is 5.97 Å². The zero-order valence-electron chi connectivity index (χ0n) is 11.7. The fourth-order valence-electron chi connectivity index (χ4n) is 2.24. The Kier molecular flexibility index (Phi) is 4.81. The van der Waals surface area contributed by atoms with Crippen molar-refractivity contribution in [3.8, 4) is 11.3 Å². The molecule has 1 aromatic carbocycles. The Labute approximate surface area is 127 Å². The van der Waals surface area contributed by atoms with E-state index in [1.807, 2.05) is 19.1 Å². The number of aliphatic carboxylic acids is 1. The molecule has 0 saturated heterocycles. The number of carboxylic acids is 1. The molecule has 0 aliphatic rings. The first-order chi connectivity index (χ1) is 10.0. The molecule has 0 atom stereocenters. The average Bonchev–Trinajstić information content (AvgIpc) is 2.44. The number of rotatable bonds is 5. The van der Waals surface area contributed by atoms with Gasteiger partial charge in [0.25, 0.3) is 5.56 Å². The summed E-state index contributed by atoms with van der Waals surface area (Å²) in [6.07, 6.45) is 0.528. The second-order valence-electron chi connectivity index (χ2n) is 4.78. The van der Waals surface area contributed by atoms with Crippen LogP contribution in [0, 0.1) is 0 Å². The van der Waals surface area contributed by atoms with Gasteiger partial charge >= 0.3 is 5.97 Å². The summed E-state index contributed by atoms with van der Waals surface area (Å²) >= 11 is 5.88. The van der Waals surface area contributed by atoms with E-state index >= 15 is 0 Å². The molecule has 21 heavy (non-hydrogen) atoms. The summed E-state index contributed by atoms with van der Waals surface area (Å²) in [6, 6.07) is 10.6. The molecule has 0 aliphatic carbocycles. The van der Waals surface area contributed by atoms with E-state index in [1.54, 1.807) is 28.8 Å². The van der Waals surface area contributed by atoms with E-state index in [-0.39, 0.29) is 12.0 Å². The molecule has 5 heteroatoms. The van der Waals surface area contributed by atoms with Gasteiger partial charge in [-0.3, -0.25) is 9.59 Å². The van der Waals surface area contributed by atoms with Crippen molar-refractivity contribution >= 4 is 17.6 Å². The highest BCUT2D eigenvalue weighted by atomic mass is 35.5. The molecule has 0 fully saturated rings. The standard InChI is InChI=1S/C16H16ClNO3/c1-2-9-18-14(11-3-6-13(17)7-4-11)8-5-12(16(18)21)10-15(19)20/h3-8H,2,9-10H2,1H3,(H,19,20). The molecule has 0 saturated carbocycles. The maximum atomic E-state index is 12.4. The average molecular weight is 306 g/mol. The number of carbonyl (C=O) groups is 1. The minimum atomic E-state index is -1.01. The molecule has 0 bridgehead atoms. The third-order valence-electron chi connectivity index (χ3n) is 3.18. The summed E-state index contributed by atoms with van der Waals surface area (Å²) in [5, 5.41) is 9.50. The molecule has 0 radical (unpaired) electrons. The summed E-state index contributed by atoms with van der Waals surface area (Å²) in [5.74, 6) is -1.01. The quantitative estimate of drug-likeness (QED) is 0.922. The van der Waals surface area contributed by atoms with Gasteiger partial charge in [-0.1, -0.05) is 36.7 Å². The Balaban J connectivity index is 2.55. The number of aromatic nitrogens is 1. The first-order valence-electron chi connectivity index (χ1n) is 6.73. The number of nitrogens with zero attached hydrogens (tertiary/aromatic N) is 1. The van der Waals surface area contributed by atoms with E-state index in [2.05, 4.69) is 0 Å². The Morgan fingerprint density at radius 2 is 1.86 bits per heavy atom. The number of hydrogen-bond acceptors (Lipinski definition) is 2. The van der Waals surface area contributed by atoms with E-state index in [1.165, 1.54) is 0 Å². The minimum absolute atomic E-state index is 0.244. The fraction of sp³-hybridized carbons (Fsp3) is 0.250. The first-order valence-corrected chi connectivity index (χ1v) is 7.11. The van der Waals surface area contributed by atoms with Gasteiger partial charge in [0, 0.05) is 17.1 Å². The number of halogens is 1. The lowest BCUT2D eigenvalue weighted by Crippen LogP contribution is -2.26. The largest absolute Gasteiger partial charge is 0.481 e. The lowest BCUT2D eigenvalue weighted by Gasteiger charge is -2.14.